The van der Waals surface area contributed by atoms with E-state index >= 15 is 0 Å². The molecule has 0 bridgehead atoms. The molecular weight excluding hydrogens is 176 g/mol. The van der Waals surface area contributed by atoms with Crippen LogP contribution in [0.3, 0.4) is 0 Å². The van der Waals surface area contributed by atoms with Crippen LogP contribution in [-0.2, 0) is 8.23 Å². The number of rotatable bonds is 5. The maximum absolute atomic E-state index is 5.59. The second kappa shape index (κ2) is 6.29. The van der Waals surface area contributed by atoms with Gasteiger partial charge in [0, 0.05) is 0 Å². The standard InChI is InChI=1S/C5H18O2Si3/c1-5(2)4-10(6-8)7-9-3/h5,10H,4,9H2,1-3,8H3. The van der Waals surface area contributed by atoms with Gasteiger partial charge in [0.15, 0.2) is 0 Å². The van der Waals surface area contributed by atoms with Gasteiger partial charge in [-0.25, -0.2) is 0 Å². The molecule has 0 aromatic heterocycles. The number of hydrogen-bond acceptors (Lipinski definition) is 2. The van der Waals surface area contributed by atoms with Crippen LogP contribution in [0, 0.1) is 5.92 Å². The molecule has 0 saturated carbocycles. The van der Waals surface area contributed by atoms with Gasteiger partial charge in [-0.1, -0.05) is 20.4 Å². The van der Waals surface area contributed by atoms with Crippen molar-refractivity contribution in [1.29, 1.82) is 0 Å². The summed E-state index contributed by atoms with van der Waals surface area (Å²) in [5, 5.41) is 0. The third kappa shape index (κ3) is 5.36. The topological polar surface area (TPSA) is 18.5 Å². The summed E-state index contributed by atoms with van der Waals surface area (Å²) in [6, 6.07) is 1.18. The Balaban J connectivity index is 3.39. The molecule has 0 rings (SSSR count). The molecule has 2 nitrogen and oxygen atoms in total. The lowest BCUT2D eigenvalue weighted by atomic mass is 10.3. The summed E-state index contributed by atoms with van der Waals surface area (Å²) in [4.78, 5) is 0. The molecule has 0 radical (unpaired) electrons. The van der Waals surface area contributed by atoms with Gasteiger partial charge in [0.05, 0.1) is 0 Å². The normalized spacial score (nSPS) is 15.6. The smallest absolute Gasteiger partial charge is 0.300 e. The van der Waals surface area contributed by atoms with E-state index in [9.17, 15) is 0 Å². The minimum Gasteiger partial charge on any atom is -0.447 e. The zero-order chi connectivity index (χ0) is 7.98. The van der Waals surface area contributed by atoms with Crippen LogP contribution in [0.2, 0.25) is 12.6 Å². The Morgan fingerprint density at radius 2 is 2.20 bits per heavy atom. The Morgan fingerprint density at radius 1 is 1.60 bits per heavy atom. The van der Waals surface area contributed by atoms with Crippen molar-refractivity contribution in [3.63, 3.8) is 0 Å². The van der Waals surface area contributed by atoms with Crippen molar-refractivity contribution in [3.05, 3.63) is 0 Å². The molecule has 0 amide bonds. The largest absolute Gasteiger partial charge is 0.447 e. The highest BCUT2D eigenvalue weighted by molar-refractivity contribution is 6.55. The average Bonchev–Trinajstić information content (AvgIpc) is 1.86. The molecule has 5 heteroatoms. The Bertz CT molecular complexity index is 79.3. The summed E-state index contributed by atoms with van der Waals surface area (Å²) in [7, 11) is -0.525. The van der Waals surface area contributed by atoms with Crippen molar-refractivity contribution < 1.29 is 8.23 Å². The van der Waals surface area contributed by atoms with Crippen LogP contribution in [0.4, 0.5) is 0 Å². The lowest BCUT2D eigenvalue weighted by molar-refractivity contribution is 0.446. The maximum Gasteiger partial charge on any atom is 0.300 e. The second-order valence-electron chi connectivity index (χ2n) is 2.75. The highest BCUT2D eigenvalue weighted by Gasteiger charge is 2.10. The fourth-order valence-corrected chi connectivity index (χ4v) is 6.14. The van der Waals surface area contributed by atoms with Gasteiger partial charge in [0.2, 0.25) is 0 Å². The first kappa shape index (κ1) is 10.6. The molecule has 0 aliphatic rings. The summed E-state index contributed by atoms with van der Waals surface area (Å²) in [6.07, 6.45) is 0. The molecular formula is C5H18O2Si3. The molecule has 10 heavy (non-hydrogen) atoms. The summed E-state index contributed by atoms with van der Waals surface area (Å²) in [5.74, 6) is 0.742. The minimum absolute atomic E-state index is 0.228. The van der Waals surface area contributed by atoms with Crippen LogP contribution < -0.4 is 0 Å². The van der Waals surface area contributed by atoms with Gasteiger partial charge in [-0.2, -0.15) is 0 Å². The van der Waals surface area contributed by atoms with Gasteiger partial charge in [0.25, 0.3) is 9.28 Å². The zero-order valence-electron chi connectivity index (χ0n) is 7.39. The van der Waals surface area contributed by atoms with Gasteiger partial charge in [-0.05, 0) is 12.0 Å². The lowest BCUT2D eigenvalue weighted by Crippen LogP contribution is -2.24. The summed E-state index contributed by atoms with van der Waals surface area (Å²) in [6.45, 7) is 6.61. The van der Waals surface area contributed by atoms with E-state index in [0.717, 1.165) is 16.4 Å². The summed E-state index contributed by atoms with van der Waals surface area (Å²) < 4.78 is 11.0. The molecule has 1 unspecified atom stereocenters. The van der Waals surface area contributed by atoms with Crippen molar-refractivity contribution in [1.82, 2.24) is 0 Å². The molecule has 0 spiro atoms. The third-order valence-electron chi connectivity index (χ3n) is 1.28. The molecule has 0 aromatic rings. The fraction of sp³-hybridized carbons (Fsp3) is 1.00. The minimum atomic E-state index is -1.15. The highest BCUT2D eigenvalue weighted by Crippen LogP contribution is 2.05. The molecule has 0 aromatic carbocycles. The second-order valence-corrected chi connectivity index (χ2v) is 7.88. The lowest BCUT2D eigenvalue weighted by Gasteiger charge is -2.15. The first-order valence-electron chi connectivity index (χ1n) is 3.85. The zero-order valence-corrected chi connectivity index (χ0v) is 12.0. The highest BCUT2D eigenvalue weighted by atomic mass is 28.4. The summed E-state index contributed by atoms with van der Waals surface area (Å²) in [5.41, 5.74) is 0. The quantitative estimate of drug-likeness (QED) is 0.540. The van der Waals surface area contributed by atoms with Crippen LogP contribution in [0.1, 0.15) is 13.8 Å². The molecule has 0 aliphatic carbocycles. The van der Waals surface area contributed by atoms with Crippen molar-refractivity contribution in [3.8, 4) is 0 Å². The SMILES string of the molecule is C[SiH2]O[SiH](CC(C)C)O[SiH3]. The van der Waals surface area contributed by atoms with E-state index < -0.39 is 9.28 Å². The summed E-state index contributed by atoms with van der Waals surface area (Å²) >= 11 is 0. The third-order valence-corrected chi connectivity index (χ3v) is 7.53. The van der Waals surface area contributed by atoms with E-state index in [1.54, 1.807) is 0 Å². The van der Waals surface area contributed by atoms with Gasteiger partial charge >= 0.3 is 0 Å². The van der Waals surface area contributed by atoms with E-state index in [0.29, 0.717) is 0 Å². The monoisotopic (exact) mass is 194 g/mol. The first-order valence-corrected chi connectivity index (χ1v) is 8.41. The molecule has 62 valence electrons. The van der Waals surface area contributed by atoms with Crippen LogP contribution in [-0.4, -0.2) is 29.5 Å². The molecule has 0 fully saturated rings. The van der Waals surface area contributed by atoms with E-state index in [4.69, 9.17) is 8.23 Å². The van der Waals surface area contributed by atoms with Gasteiger partial charge < -0.3 is 8.23 Å². The van der Waals surface area contributed by atoms with Crippen LogP contribution in [0.15, 0.2) is 0 Å². The van der Waals surface area contributed by atoms with E-state index in [2.05, 4.69) is 20.4 Å². The predicted octanol–water partition coefficient (Wildman–Crippen LogP) is -0.692. The van der Waals surface area contributed by atoms with E-state index in [-0.39, 0.29) is 9.76 Å². The maximum atomic E-state index is 5.59. The Kier molecular flexibility index (Phi) is 6.65. The molecule has 0 N–H and O–H groups in total. The van der Waals surface area contributed by atoms with Crippen LogP contribution >= 0.6 is 0 Å². The van der Waals surface area contributed by atoms with Crippen LogP contribution in [0.25, 0.3) is 0 Å². The molecule has 0 aliphatic heterocycles. The first-order chi connectivity index (χ1) is 4.70. The van der Waals surface area contributed by atoms with Crippen molar-refractivity contribution in [2.45, 2.75) is 26.4 Å². The van der Waals surface area contributed by atoms with Gasteiger partial charge in [-0.3, -0.25) is 0 Å². The van der Waals surface area contributed by atoms with Crippen LogP contribution in [0.5, 0.6) is 0 Å². The number of hydrogen-bond donors (Lipinski definition) is 0. The molecule has 1 atom stereocenters. The van der Waals surface area contributed by atoms with E-state index in [1.165, 1.54) is 6.04 Å². The van der Waals surface area contributed by atoms with Gasteiger partial charge in [0.1, 0.15) is 20.2 Å². The Hall–Kier alpha value is 0.571. The Morgan fingerprint density at radius 3 is 2.50 bits per heavy atom. The fourth-order valence-electron chi connectivity index (χ4n) is 0.803. The van der Waals surface area contributed by atoms with Gasteiger partial charge in [-0.15, -0.1) is 0 Å². The van der Waals surface area contributed by atoms with Crippen molar-refractivity contribution >= 4 is 29.5 Å². The van der Waals surface area contributed by atoms with E-state index in [1.807, 2.05) is 0 Å². The Labute approximate surface area is 70.6 Å². The average molecular weight is 194 g/mol. The van der Waals surface area contributed by atoms with Crippen molar-refractivity contribution in [2.24, 2.45) is 5.92 Å². The molecule has 0 saturated heterocycles. The van der Waals surface area contributed by atoms with Crippen molar-refractivity contribution in [2.75, 3.05) is 0 Å². The predicted molar refractivity (Wildman–Crippen MR) is 53.3 cm³/mol. The molecule has 0 heterocycles.